The molecule has 1 aromatic heterocycles. The van der Waals surface area contributed by atoms with Gasteiger partial charge in [0.1, 0.15) is 6.07 Å². The van der Waals surface area contributed by atoms with Crippen LogP contribution in [0.1, 0.15) is 53.9 Å². The molecule has 2 unspecified atom stereocenters. The molecular formula is C44H32N4. The van der Waals surface area contributed by atoms with Crippen molar-refractivity contribution >= 4 is 44.5 Å². The Balaban J connectivity index is 1.17. The van der Waals surface area contributed by atoms with Crippen LogP contribution < -0.4 is 4.90 Å². The summed E-state index contributed by atoms with van der Waals surface area (Å²) in [6.07, 6.45) is 13.3. The van der Waals surface area contributed by atoms with Gasteiger partial charge in [0.05, 0.1) is 40.0 Å². The topological polar surface area (TPSA) is 55.8 Å². The molecular weight excluding hydrogens is 585 g/mol. The van der Waals surface area contributed by atoms with Gasteiger partial charge in [0.25, 0.3) is 0 Å². The van der Waals surface area contributed by atoms with Crippen LogP contribution in [0, 0.1) is 22.7 Å². The van der Waals surface area contributed by atoms with Crippen molar-refractivity contribution in [3.05, 3.63) is 156 Å². The fourth-order valence-electron chi connectivity index (χ4n) is 8.27. The molecule has 0 saturated heterocycles. The quantitative estimate of drug-likeness (QED) is 0.185. The van der Waals surface area contributed by atoms with E-state index in [1.54, 1.807) is 0 Å². The average molecular weight is 617 g/mol. The lowest BCUT2D eigenvalue weighted by Gasteiger charge is -2.32. The second-order valence-electron chi connectivity index (χ2n) is 13.0. The van der Waals surface area contributed by atoms with E-state index in [1.165, 1.54) is 22.4 Å². The number of allylic oxidation sites excluding steroid dienone is 5. The Kier molecular flexibility index (Phi) is 6.63. The van der Waals surface area contributed by atoms with E-state index >= 15 is 0 Å². The van der Waals surface area contributed by atoms with Crippen molar-refractivity contribution in [2.24, 2.45) is 0 Å². The Morgan fingerprint density at radius 1 is 0.708 bits per heavy atom. The number of para-hydroxylation sites is 3. The third-order valence-electron chi connectivity index (χ3n) is 10.4. The van der Waals surface area contributed by atoms with Gasteiger partial charge in [0.15, 0.2) is 0 Å². The van der Waals surface area contributed by atoms with Gasteiger partial charge in [-0.1, -0.05) is 91.0 Å². The van der Waals surface area contributed by atoms with E-state index in [-0.39, 0.29) is 6.04 Å². The maximum Gasteiger partial charge on any atom is 0.101 e. The molecule has 228 valence electrons. The molecule has 2 atom stereocenters. The summed E-state index contributed by atoms with van der Waals surface area (Å²) in [5.74, 6) is 0.441. The number of nitrogens with zero attached hydrogens (tertiary/aromatic N) is 4. The molecule has 3 aliphatic rings. The minimum absolute atomic E-state index is 0.227. The number of rotatable bonds is 4. The maximum atomic E-state index is 10.1. The zero-order valence-electron chi connectivity index (χ0n) is 26.5. The fourth-order valence-corrected chi connectivity index (χ4v) is 8.27. The SMILES string of the molecule is N#Cc1ccc(-c2cccc(C3=CC(n4c5ccccc5c5cccc(C#N)c54)=CCC3)c2)c(N2c3ccccc3C3CCC=CC32)c1. The Labute approximate surface area is 280 Å². The van der Waals surface area contributed by atoms with Crippen LogP contribution in [-0.2, 0) is 0 Å². The molecule has 0 saturated carbocycles. The van der Waals surface area contributed by atoms with Crippen molar-refractivity contribution in [1.82, 2.24) is 4.57 Å². The summed E-state index contributed by atoms with van der Waals surface area (Å²) in [7, 11) is 0. The summed E-state index contributed by atoms with van der Waals surface area (Å²) in [4.78, 5) is 2.47. The molecule has 4 heteroatoms. The molecule has 48 heavy (non-hydrogen) atoms. The Morgan fingerprint density at radius 3 is 2.46 bits per heavy atom. The molecule has 9 rings (SSSR count). The van der Waals surface area contributed by atoms with Crippen LogP contribution in [0.25, 0.3) is 44.2 Å². The lowest BCUT2D eigenvalue weighted by Crippen LogP contribution is -2.30. The Hall–Kier alpha value is -6.10. The zero-order chi connectivity index (χ0) is 32.2. The molecule has 0 radical (unpaired) electrons. The lowest BCUT2D eigenvalue weighted by molar-refractivity contribution is 0.573. The molecule has 6 aromatic rings. The van der Waals surface area contributed by atoms with E-state index in [1.807, 2.05) is 18.2 Å². The Morgan fingerprint density at radius 2 is 1.54 bits per heavy atom. The van der Waals surface area contributed by atoms with Crippen molar-refractivity contribution < 1.29 is 0 Å². The van der Waals surface area contributed by atoms with Crippen molar-refractivity contribution in [3.63, 3.8) is 0 Å². The highest BCUT2D eigenvalue weighted by Crippen LogP contribution is 2.51. The average Bonchev–Trinajstić information content (AvgIpc) is 3.68. The second kappa shape index (κ2) is 11.3. The fraction of sp³-hybridized carbons (Fsp3) is 0.136. The predicted octanol–water partition coefficient (Wildman–Crippen LogP) is 10.9. The van der Waals surface area contributed by atoms with Gasteiger partial charge in [-0.2, -0.15) is 10.5 Å². The number of hydrogen-bond acceptors (Lipinski definition) is 3. The first-order valence-corrected chi connectivity index (χ1v) is 16.8. The van der Waals surface area contributed by atoms with Crippen LogP contribution >= 0.6 is 0 Å². The molecule has 5 aromatic carbocycles. The minimum atomic E-state index is 0.227. The van der Waals surface area contributed by atoms with E-state index in [2.05, 4.69) is 137 Å². The number of benzene rings is 5. The van der Waals surface area contributed by atoms with Gasteiger partial charge in [-0.15, -0.1) is 0 Å². The van der Waals surface area contributed by atoms with Crippen molar-refractivity contribution in [2.45, 2.75) is 37.6 Å². The molecule has 0 fully saturated rings. The molecule has 2 heterocycles. The van der Waals surface area contributed by atoms with E-state index in [4.69, 9.17) is 0 Å². The number of nitriles is 2. The molecule has 2 aliphatic carbocycles. The third-order valence-corrected chi connectivity index (χ3v) is 10.4. The zero-order valence-corrected chi connectivity index (χ0v) is 26.5. The summed E-state index contributed by atoms with van der Waals surface area (Å²) in [6.45, 7) is 0. The largest absolute Gasteiger partial charge is 0.333 e. The minimum Gasteiger partial charge on any atom is -0.333 e. The Bertz CT molecular complexity index is 2460. The lowest BCUT2D eigenvalue weighted by atomic mass is 9.86. The second-order valence-corrected chi connectivity index (χ2v) is 13.0. The number of aromatic nitrogens is 1. The highest BCUT2D eigenvalue weighted by atomic mass is 15.2. The molecule has 1 aliphatic heterocycles. The van der Waals surface area contributed by atoms with E-state index < -0.39 is 0 Å². The molecule has 0 spiro atoms. The maximum absolute atomic E-state index is 10.1. The standard InChI is InChI=1S/C44H32N4/c45-27-29-22-23-35(43(24-29)48-41-20-5-1-15-36(41)37-16-2-6-21-42(37)48)32-12-7-10-30(25-32)31-11-8-14-34(26-31)47-40-19-4-3-17-38(40)39-18-9-13-33(28-46)44(39)47/h1,3-7,9-10,12-15,17-26,37,42H,2,8,11,16H2. The van der Waals surface area contributed by atoms with Crippen molar-refractivity contribution in [3.8, 4) is 23.3 Å². The molecule has 4 nitrogen and oxygen atoms in total. The molecule has 0 N–H and O–H groups in total. The smallest absolute Gasteiger partial charge is 0.101 e. The first-order chi connectivity index (χ1) is 23.7. The van der Waals surface area contributed by atoms with Gasteiger partial charge in [-0.3, -0.25) is 0 Å². The van der Waals surface area contributed by atoms with E-state index in [9.17, 15) is 10.5 Å². The predicted molar refractivity (Wildman–Crippen MR) is 196 cm³/mol. The molecule has 0 amide bonds. The van der Waals surface area contributed by atoms with Crippen LogP contribution in [0.15, 0.2) is 133 Å². The highest BCUT2D eigenvalue weighted by molar-refractivity contribution is 6.12. The van der Waals surface area contributed by atoms with Crippen LogP contribution in [0.3, 0.4) is 0 Å². The van der Waals surface area contributed by atoms with E-state index in [0.29, 0.717) is 17.0 Å². The molecule has 0 bridgehead atoms. The van der Waals surface area contributed by atoms with Crippen LogP contribution in [0.4, 0.5) is 11.4 Å². The van der Waals surface area contributed by atoms with Crippen LogP contribution in [0.5, 0.6) is 0 Å². The van der Waals surface area contributed by atoms with Gasteiger partial charge in [-0.05, 0) is 90.4 Å². The van der Waals surface area contributed by atoms with Crippen molar-refractivity contribution in [2.75, 3.05) is 4.90 Å². The summed E-state index contributed by atoms with van der Waals surface area (Å²) < 4.78 is 2.27. The summed E-state index contributed by atoms with van der Waals surface area (Å²) in [5.41, 5.74) is 12.9. The highest BCUT2D eigenvalue weighted by Gasteiger charge is 2.39. The summed E-state index contributed by atoms with van der Waals surface area (Å²) >= 11 is 0. The van der Waals surface area contributed by atoms with Gasteiger partial charge in [-0.25, -0.2) is 0 Å². The van der Waals surface area contributed by atoms with Crippen LogP contribution in [0.2, 0.25) is 0 Å². The van der Waals surface area contributed by atoms with Crippen LogP contribution in [-0.4, -0.2) is 10.6 Å². The van der Waals surface area contributed by atoms with Gasteiger partial charge >= 0.3 is 0 Å². The summed E-state index contributed by atoms with van der Waals surface area (Å²) in [5, 5.41) is 22.3. The number of fused-ring (bicyclic) bond motifs is 6. The summed E-state index contributed by atoms with van der Waals surface area (Å²) in [6, 6.07) is 43.3. The first-order valence-electron chi connectivity index (χ1n) is 16.8. The first kappa shape index (κ1) is 28.1. The number of hydrogen-bond donors (Lipinski definition) is 0. The normalized spacial score (nSPS) is 18.2. The number of anilines is 2. The van der Waals surface area contributed by atoms with Gasteiger partial charge in [0.2, 0.25) is 0 Å². The van der Waals surface area contributed by atoms with Gasteiger partial charge < -0.3 is 9.47 Å². The van der Waals surface area contributed by atoms with Crippen molar-refractivity contribution in [1.29, 1.82) is 10.5 Å². The third kappa shape index (κ3) is 4.34. The van der Waals surface area contributed by atoms with E-state index in [0.717, 1.165) is 70.0 Å². The van der Waals surface area contributed by atoms with Gasteiger partial charge in [0, 0.05) is 33.6 Å². The monoisotopic (exact) mass is 616 g/mol.